The van der Waals surface area contributed by atoms with Gasteiger partial charge < -0.3 is 9.47 Å². The number of anilines is 2. The van der Waals surface area contributed by atoms with E-state index in [-0.39, 0.29) is 12.0 Å². The summed E-state index contributed by atoms with van der Waals surface area (Å²) in [7, 11) is 0. The Labute approximate surface area is 244 Å². The van der Waals surface area contributed by atoms with Gasteiger partial charge in [0.25, 0.3) is 0 Å². The first kappa shape index (κ1) is 23.3. The van der Waals surface area contributed by atoms with E-state index in [0.29, 0.717) is 0 Å². The average Bonchev–Trinajstić information content (AvgIpc) is 3.58. The predicted molar refractivity (Wildman–Crippen MR) is 175 cm³/mol. The molecule has 0 N–H and O–H groups in total. The van der Waals surface area contributed by atoms with E-state index in [1.54, 1.807) is 0 Å². The molecule has 2 aromatic heterocycles. The molecule has 3 heteroatoms. The Bertz CT molecular complexity index is 2220. The third kappa shape index (κ3) is 3.31. The monoisotopic (exact) mass is 537 g/mol. The zero-order valence-electron chi connectivity index (χ0n) is 22.9. The number of benzene rings is 5. The molecule has 3 heterocycles. The van der Waals surface area contributed by atoms with Crippen LogP contribution < -0.4 is 4.90 Å². The van der Waals surface area contributed by atoms with Gasteiger partial charge in [0.1, 0.15) is 5.82 Å². The molecule has 1 aliphatic heterocycles. The van der Waals surface area contributed by atoms with Gasteiger partial charge in [-0.3, -0.25) is 0 Å². The first-order chi connectivity index (χ1) is 20.9. The van der Waals surface area contributed by atoms with Crippen LogP contribution >= 0.6 is 0 Å². The van der Waals surface area contributed by atoms with E-state index in [1.165, 1.54) is 49.5 Å². The quantitative estimate of drug-likeness (QED) is 0.224. The molecule has 0 bridgehead atoms. The first-order valence-electron chi connectivity index (χ1n) is 14.6. The summed E-state index contributed by atoms with van der Waals surface area (Å²) in [5.74, 6) is 1.21. The molecule has 0 saturated carbocycles. The molecular weight excluding hydrogens is 510 g/mol. The minimum atomic E-state index is 0.146. The Balaban J connectivity index is 1.39. The standard InChI is InChI=1S/C39H27N3/c1-2-13-27(14-3-1)33-19-11-23-37(40-33)42-36-21-9-7-18-30(36)32-25-24-31-29-17-6-8-20-35(29)41(38(31)39(32)42)34-22-10-15-26-12-4-5-16-28(26)34/h1-25,30,36H. The van der Waals surface area contributed by atoms with E-state index >= 15 is 0 Å². The van der Waals surface area contributed by atoms with Gasteiger partial charge in [0.05, 0.1) is 34.1 Å². The SMILES string of the molecule is C1=CC2c3ccc4c5ccccc5n(-c5cccc6ccccc56)c4c3N(c3cccc(-c4ccccc4)n3)C2C=C1. The van der Waals surface area contributed by atoms with E-state index in [9.17, 15) is 0 Å². The van der Waals surface area contributed by atoms with Gasteiger partial charge in [-0.25, -0.2) is 4.98 Å². The van der Waals surface area contributed by atoms with E-state index in [0.717, 1.165) is 17.1 Å². The van der Waals surface area contributed by atoms with Gasteiger partial charge in [-0.05, 0) is 35.2 Å². The van der Waals surface area contributed by atoms with Crippen molar-refractivity contribution >= 4 is 44.1 Å². The van der Waals surface area contributed by atoms with Gasteiger partial charge in [0.2, 0.25) is 0 Å². The normalized spacial score (nSPS) is 17.3. The molecular formula is C39H27N3. The van der Waals surface area contributed by atoms with Gasteiger partial charge >= 0.3 is 0 Å². The van der Waals surface area contributed by atoms with E-state index in [1.807, 2.05) is 0 Å². The van der Waals surface area contributed by atoms with Crippen molar-refractivity contribution in [1.82, 2.24) is 9.55 Å². The molecule has 0 fully saturated rings. The van der Waals surface area contributed by atoms with Crippen LogP contribution in [0.4, 0.5) is 11.5 Å². The van der Waals surface area contributed by atoms with Crippen LogP contribution in [0.1, 0.15) is 11.5 Å². The summed E-state index contributed by atoms with van der Waals surface area (Å²) in [5, 5.41) is 5.00. The molecule has 9 rings (SSSR count). The maximum absolute atomic E-state index is 5.29. The molecule has 2 aliphatic rings. The van der Waals surface area contributed by atoms with Crippen LogP contribution in [0.25, 0.3) is 49.5 Å². The third-order valence-corrected chi connectivity index (χ3v) is 8.90. The molecule has 7 aromatic rings. The van der Waals surface area contributed by atoms with Gasteiger partial charge in [-0.1, -0.05) is 127 Å². The second-order valence-corrected chi connectivity index (χ2v) is 11.2. The van der Waals surface area contributed by atoms with Crippen LogP contribution in [-0.4, -0.2) is 15.6 Å². The van der Waals surface area contributed by atoms with Crippen molar-refractivity contribution in [3.8, 4) is 16.9 Å². The topological polar surface area (TPSA) is 21.1 Å². The lowest BCUT2D eigenvalue weighted by Gasteiger charge is -2.28. The van der Waals surface area contributed by atoms with Crippen molar-refractivity contribution in [2.75, 3.05) is 4.90 Å². The summed E-state index contributed by atoms with van der Waals surface area (Å²) in [6.07, 6.45) is 9.05. The molecule has 0 radical (unpaired) electrons. The zero-order valence-corrected chi connectivity index (χ0v) is 22.9. The lowest BCUT2D eigenvalue weighted by Crippen LogP contribution is -2.29. The van der Waals surface area contributed by atoms with Crippen molar-refractivity contribution in [3.63, 3.8) is 0 Å². The van der Waals surface area contributed by atoms with E-state index in [4.69, 9.17) is 4.98 Å². The summed E-state index contributed by atoms with van der Waals surface area (Å²) in [6.45, 7) is 0. The fraction of sp³-hybridized carbons (Fsp3) is 0.0513. The van der Waals surface area contributed by atoms with Crippen molar-refractivity contribution in [2.24, 2.45) is 0 Å². The van der Waals surface area contributed by atoms with E-state index in [2.05, 4.69) is 161 Å². The van der Waals surface area contributed by atoms with Crippen molar-refractivity contribution < 1.29 is 0 Å². The van der Waals surface area contributed by atoms with Crippen molar-refractivity contribution in [2.45, 2.75) is 12.0 Å². The summed E-state index contributed by atoms with van der Waals surface area (Å²) < 4.78 is 2.49. The number of hydrogen-bond donors (Lipinski definition) is 0. The molecule has 0 amide bonds. The van der Waals surface area contributed by atoms with Crippen molar-refractivity contribution in [1.29, 1.82) is 0 Å². The molecule has 0 spiro atoms. The Morgan fingerprint density at radius 2 is 1.33 bits per heavy atom. The van der Waals surface area contributed by atoms with Crippen LogP contribution in [0.3, 0.4) is 0 Å². The Morgan fingerprint density at radius 3 is 2.26 bits per heavy atom. The summed E-state index contributed by atoms with van der Waals surface area (Å²) in [5.41, 5.74) is 8.31. The fourth-order valence-electron chi connectivity index (χ4n) is 7.10. The number of fused-ring (bicyclic) bond motifs is 8. The highest BCUT2D eigenvalue weighted by molar-refractivity contribution is 6.16. The fourth-order valence-corrected chi connectivity index (χ4v) is 7.10. The predicted octanol–water partition coefficient (Wildman–Crippen LogP) is 9.73. The lowest BCUT2D eigenvalue weighted by atomic mass is 9.91. The van der Waals surface area contributed by atoms with Crippen LogP contribution in [0.15, 0.2) is 152 Å². The number of allylic oxidation sites excluding steroid dienone is 2. The number of pyridine rings is 1. The van der Waals surface area contributed by atoms with Crippen LogP contribution in [0.2, 0.25) is 0 Å². The summed E-state index contributed by atoms with van der Waals surface area (Å²) in [6, 6.07) is 45.8. The number of nitrogens with zero attached hydrogens (tertiary/aromatic N) is 3. The average molecular weight is 538 g/mol. The second kappa shape index (κ2) is 9.05. The van der Waals surface area contributed by atoms with Gasteiger partial charge in [0, 0.05) is 27.6 Å². The van der Waals surface area contributed by atoms with Crippen molar-refractivity contribution in [3.05, 3.63) is 157 Å². The molecule has 198 valence electrons. The smallest absolute Gasteiger partial charge is 0.134 e. The number of rotatable bonds is 3. The second-order valence-electron chi connectivity index (χ2n) is 11.2. The highest BCUT2D eigenvalue weighted by Gasteiger charge is 2.40. The van der Waals surface area contributed by atoms with Crippen LogP contribution in [0.5, 0.6) is 0 Å². The highest BCUT2D eigenvalue weighted by atomic mass is 15.3. The van der Waals surface area contributed by atoms with Crippen LogP contribution in [0, 0.1) is 0 Å². The Hall–Kier alpha value is -5.41. The number of hydrogen-bond acceptors (Lipinski definition) is 2. The molecule has 42 heavy (non-hydrogen) atoms. The van der Waals surface area contributed by atoms with Gasteiger partial charge in [0.15, 0.2) is 0 Å². The Morgan fingerprint density at radius 1 is 0.571 bits per heavy atom. The molecule has 2 atom stereocenters. The summed E-state index contributed by atoms with van der Waals surface area (Å²) >= 11 is 0. The lowest BCUT2D eigenvalue weighted by molar-refractivity contribution is 0.738. The molecule has 5 aromatic carbocycles. The minimum absolute atomic E-state index is 0.146. The van der Waals surface area contributed by atoms with Gasteiger partial charge in [-0.2, -0.15) is 0 Å². The largest absolute Gasteiger partial charge is 0.316 e. The zero-order chi connectivity index (χ0) is 27.6. The minimum Gasteiger partial charge on any atom is -0.316 e. The number of para-hydroxylation sites is 1. The molecule has 2 unspecified atom stereocenters. The molecule has 0 saturated heterocycles. The molecule has 3 nitrogen and oxygen atoms in total. The van der Waals surface area contributed by atoms with E-state index < -0.39 is 0 Å². The maximum Gasteiger partial charge on any atom is 0.134 e. The molecule has 1 aliphatic carbocycles. The first-order valence-corrected chi connectivity index (χ1v) is 14.6. The van der Waals surface area contributed by atoms with Crippen LogP contribution in [-0.2, 0) is 0 Å². The highest BCUT2D eigenvalue weighted by Crippen LogP contribution is 2.52. The maximum atomic E-state index is 5.29. The van der Waals surface area contributed by atoms with Gasteiger partial charge in [-0.15, -0.1) is 0 Å². The Kier molecular flexibility index (Phi) is 5.02. The summed E-state index contributed by atoms with van der Waals surface area (Å²) in [4.78, 5) is 7.77. The third-order valence-electron chi connectivity index (χ3n) is 8.90. The number of aromatic nitrogens is 2.